The van der Waals surface area contributed by atoms with Gasteiger partial charge in [0.05, 0.1) is 5.56 Å². The lowest BCUT2D eigenvalue weighted by atomic mass is 9.91. The van der Waals surface area contributed by atoms with E-state index in [1.165, 1.54) is 18.3 Å². The van der Waals surface area contributed by atoms with Crippen LogP contribution >= 0.6 is 0 Å². The van der Waals surface area contributed by atoms with E-state index in [9.17, 15) is 14.3 Å². The normalized spacial score (nSPS) is 26.6. The maximum atomic E-state index is 13.2. The average molecular weight is 366 g/mol. The Balaban J connectivity index is 1.48. The van der Waals surface area contributed by atoms with Crippen molar-refractivity contribution >= 4 is 17.1 Å². The molecule has 0 saturated heterocycles. The van der Waals surface area contributed by atoms with Crippen LogP contribution in [0.3, 0.4) is 0 Å². The van der Waals surface area contributed by atoms with Crippen LogP contribution in [0.1, 0.15) is 36.0 Å². The first-order valence-electron chi connectivity index (χ1n) is 9.17. The highest BCUT2D eigenvalue weighted by Gasteiger charge is 2.51. The van der Waals surface area contributed by atoms with E-state index in [0.29, 0.717) is 40.5 Å². The van der Waals surface area contributed by atoms with Gasteiger partial charge in [-0.05, 0) is 61.9 Å². The van der Waals surface area contributed by atoms with Gasteiger partial charge in [-0.3, -0.25) is 4.79 Å². The molecule has 27 heavy (non-hydrogen) atoms. The average Bonchev–Trinajstić information content (AvgIpc) is 3.35. The van der Waals surface area contributed by atoms with Crippen molar-refractivity contribution in [2.75, 3.05) is 0 Å². The van der Waals surface area contributed by atoms with Gasteiger partial charge in [0.2, 0.25) is 0 Å². The fraction of sp³-hybridized carbons (Fsp3) is 0.350. The highest BCUT2D eigenvalue weighted by molar-refractivity contribution is 6.04. The molecule has 3 N–H and O–H groups in total. The molecule has 3 atom stereocenters. The van der Waals surface area contributed by atoms with Crippen molar-refractivity contribution in [3.63, 3.8) is 0 Å². The number of benzene rings is 1. The van der Waals surface area contributed by atoms with E-state index in [4.69, 9.17) is 0 Å². The SMILES string of the molecule is O=C(NC1(O)CC2CCC1C2)c1ccnc2[nH]c(-c3ccc(F)cc3)nc12. The summed E-state index contributed by atoms with van der Waals surface area (Å²) in [5.41, 5.74) is 0.836. The van der Waals surface area contributed by atoms with Crippen molar-refractivity contribution in [3.05, 3.63) is 47.9 Å². The molecule has 2 aromatic heterocycles. The van der Waals surface area contributed by atoms with Gasteiger partial charge in [0.1, 0.15) is 22.9 Å². The smallest absolute Gasteiger partial charge is 0.255 e. The summed E-state index contributed by atoms with van der Waals surface area (Å²) in [6.45, 7) is 0. The van der Waals surface area contributed by atoms with E-state index >= 15 is 0 Å². The molecule has 0 spiro atoms. The van der Waals surface area contributed by atoms with Crippen molar-refractivity contribution in [2.45, 2.75) is 31.4 Å². The first-order valence-corrected chi connectivity index (χ1v) is 9.17. The maximum Gasteiger partial charge on any atom is 0.255 e. The van der Waals surface area contributed by atoms with Gasteiger partial charge in [-0.15, -0.1) is 0 Å². The van der Waals surface area contributed by atoms with Crippen LogP contribution in [0.2, 0.25) is 0 Å². The third-order valence-corrected chi connectivity index (χ3v) is 5.89. The fourth-order valence-corrected chi connectivity index (χ4v) is 4.56. The van der Waals surface area contributed by atoms with Crippen molar-refractivity contribution in [1.82, 2.24) is 20.3 Å². The molecular formula is C20H19FN4O2. The highest BCUT2D eigenvalue weighted by Crippen LogP contribution is 2.49. The fourth-order valence-electron chi connectivity index (χ4n) is 4.56. The molecule has 138 valence electrons. The third kappa shape index (κ3) is 2.70. The number of hydrogen-bond donors (Lipinski definition) is 3. The molecule has 3 unspecified atom stereocenters. The number of pyridine rings is 1. The maximum absolute atomic E-state index is 13.2. The molecule has 2 heterocycles. The minimum atomic E-state index is -1.13. The number of fused-ring (bicyclic) bond motifs is 3. The summed E-state index contributed by atoms with van der Waals surface area (Å²) in [7, 11) is 0. The first kappa shape index (κ1) is 16.4. The number of carbonyl (C=O) groups excluding carboxylic acids is 1. The Morgan fingerprint density at radius 2 is 2.07 bits per heavy atom. The molecule has 3 aromatic rings. The number of halogens is 1. The Bertz CT molecular complexity index is 1030. The predicted molar refractivity (Wildman–Crippen MR) is 97.1 cm³/mol. The van der Waals surface area contributed by atoms with Gasteiger partial charge in [-0.25, -0.2) is 14.4 Å². The molecule has 0 aliphatic heterocycles. The van der Waals surface area contributed by atoms with Crippen molar-refractivity contribution in [3.8, 4) is 11.4 Å². The van der Waals surface area contributed by atoms with Crippen LogP contribution < -0.4 is 5.32 Å². The van der Waals surface area contributed by atoms with Gasteiger partial charge in [-0.2, -0.15) is 0 Å². The van der Waals surface area contributed by atoms with Crippen LogP contribution in [0.5, 0.6) is 0 Å². The van der Waals surface area contributed by atoms with Gasteiger partial charge < -0.3 is 15.4 Å². The molecule has 7 heteroatoms. The monoisotopic (exact) mass is 366 g/mol. The Morgan fingerprint density at radius 1 is 1.26 bits per heavy atom. The van der Waals surface area contributed by atoms with Crippen molar-refractivity contribution in [1.29, 1.82) is 0 Å². The molecule has 2 aliphatic carbocycles. The number of imidazole rings is 1. The van der Waals surface area contributed by atoms with Gasteiger partial charge in [0.25, 0.3) is 5.91 Å². The minimum Gasteiger partial charge on any atom is -0.371 e. The van der Waals surface area contributed by atoms with E-state index < -0.39 is 5.72 Å². The molecule has 2 bridgehead atoms. The number of H-pyrrole nitrogens is 1. The van der Waals surface area contributed by atoms with E-state index in [1.807, 2.05) is 0 Å². The third-order valence-electron chi connectivity index (χ3n) is 5.89. The first-order chi connectivity index (χ1) is 13.0. The second-order valence-corrected chi connectivity index (χ2v) is 7.61. The van der Waals surface area contributed by atoms with Gasteiger partial charge in [-0.1, -0.05) is 0 Å². The highest BCUT2D eigenvalue weighted by atomic mass is 19.1. The zero-order chi connectivity index (χ0) is 18.6. The van der Waals surface area contributed by atoms with Crippen LogP contribution in [-0.4, -0.2) is 31.7 Å². The quantitative estimate of drug-likeness (QED) is 0.622. The van der Waals surface area contributed by atoms with Crippen molar-refractivity contribution in [2.24, 2.45) is 11.8 Å². The molecule has 1 amide bonds. The number of amides is 1. The number of aromatic amines is 1. The summed E-state index contributed by atoms with van der Waals surface area (Å²) >= 11 is 0. The van der Waals surface area contributed by atoms with Gasteiger partial charge in [0.15, 0.2) is 5.65 Å². The van der Waals surface area contributed by atoms with Crippen LogP contribution in [0, 0.1) is 17.7 Å². The molecule has 6 nitrogen and oxygen atoms in total. The number of aliphatic hydroxyl groups is 1. The van der Waals surface area contributed by atoms with Crippen LogP contribution in [0.25, 0.3) is 22.6 Å². The molecule has 2 saturated carbocycles. The number of aromatic nitrogens is 3. The molecule has 2 fully saturated rings. The molecule has 2 aliphatic rings. The van der Waals surface area contributed by atoms with E-state index in [-0.39, 0.29) is 17.6 Å². The van der Waals surface area contributed by atoms with E-state index in [2.05, 4.69) is 20.3 Å². The van der Waals surface area contributed by atoms with Crippen LogP contribution in [-0.2, 0) is 0 Å². The Labute approximate surface area is 154 Å². The van der Waals surface area contributed by atoms with Crippen molar-refractivity contribution < 1.29 is 14.3 Å². The number of nitrogens with zero attached hydrogens (tertiary/aromatic N) is 2. The minimum absolute atomic E-state index is 0.123. The number of hydrogen-bond acceptors (Lipinski definition) is 4. The largest absolute Gasteiger partial charge is 0.371 e. The van der Waals surface area contributed by atoms with Gasteiger partial charge >= 0.3 is 0 Å². The summed E-state index contributed by atoms with van der Waals surface area (Å²) in [5, 5.41) is 13.7. The standard InChI is InChI=1S/C20H19FN4O2/c21-14-5-2-12(3-6-14)17-23-16-15(7-8-22-18(16)24-17)19(26)25-20(27)10-11-1-4-13(20)9-11/h2-3,5-8,11,13,27H,1,4,9-10H2,(H,25,26)(H,22,23,24). The molecule has 0 radical (unpaired) electrons. The molecule has 1 aromatic carbocycles. The summed E-state index contributed by atoms with van der Waals surface area (Å²) in [5.74, 6) is 0.448. The lowest BCUT2D eigenvalue weighted by Gasteiger charge is -2.33. The zero-order valence-electron chi connectivity index (χ0n) is 14.6. The summed E-state index contributed by atoms with van der Waals surface area (Å²) < 4.78 is 13.2. The summed E-state index contributed by atoms with van der Waals surface area (Å²) in [6.07, 6.45) is 5.19. The van der Waals surface area contributed by atoms with Crippen LogP contribution in [0.15, 0.2) is 36.5 Å². The van der Waals surface area contributed by atoms with E-state index in [1.54, 1.807) is 18.2 Å². The Morgan fingerprint density at radius 3 is 2.78 bits per heavy atom. The predicted octanol–water partition coefficient (Wildman–Crippen LogP) is 3.00. The Hall–Kier alpha value is -2.80. The second kappa shape index (κ2) is 5.85. The van der Waals surface area contributed by atoms with Crippen LogP contribution in [0.4, 0.5) is 4.39 Å². The summed E-state index contributed by atoms with van der Waals surface area (Å²) in [6, 6.07) is 7.54. The summed E-state index contributed by atoms with van der Waals surface area (Å²) in [4.78, 5) is 24.7. The lowest BCUT2D eigenvalue weighted by Crippen LogP contribution is -2.52. The number of carbonyl (C=O) groups is 1. The molecular weight excluding hydrogens is 347 g/mol. The van der Waals surface area contributed by atoms with E-state index in [0.717, 1.165) is 19.3 Å². The lowest BCUT2D eigenvalue weighted by molar-refractivity contribution is -0.0372. The second-order valence-electron chi connectivity index (χ2n) is 7.61. The topological polar surface area (TPSA) is 90.9 Å². The molecule has 5 rings (SSSR count). The van der Waals surface area contributed by atoms with Gasteiger partial charge in [0, 0.05) is 17.7 Å². The Kier molecular flexibility index (Phi) is 3.55. The zero-order valence-corrected chi connectivity index (χ0v) is 14.6. The number of rotatable bonds is 3. The number of nitrogens with one attached hydrogen (secondary N) is 2.